The van der Waals surface area contributed by atoms with Gasteiger partial charge in [-0.05, 0) is 20.0 Å². The van der Waals surface area contributed by atoms with Crippen molar-refractivity contribution in [1.82, 2.24) is 4.90 Å². The molecule has 3 heteroatoms. The normalized spacial score (nSPS) is 10.9. The van der Waals surface area contributed by atoms with E-state index in [0.29, 0.717) is 0 Å². The lowest BCUT2D eigenvalue weighted by atomic mass is 10.1. The summed E-state index contributed by atoms with van der Waals surface area (Å²) in [4.78, 5) is 12.2. The number of hydrogen-bond donors (Lipinski definition) is 1. The number of nitrogens with zero attached hydrogens (tertiary/aromatic N) is 1. The van der Waals surface area contributed by atoms with E-state index >= 15 is 0 Å². The standard InChI is InChI=1S/C12H25NO2/c1-3-4-5-6-7-8-9-10-13(2)11-12(14)15/h3-11H2,1-2H3,(H,14,15). The molecule has 0 aliphatic rings. The van der Waals surface area contributed by atoms with E-state index in [1.54, 1.807) is 0 Å². The van der Waals surface area contributed by atoms with Crippen molar-refractivity contribution in [2.75, 3.05) is 20.1 Å². The number of carboxylic acids is 1. The van der Waals surface area contributed by atoms with E-state index in [1.165, 1.54) is 38.5 Å². The van der Waals surface area contributed by atoms with Crippen LogP contribution in [-0.4, -0.2) is 36.1 Å². The molecule has 0 spiro atoms. The molecular formula is C12H25NO2. The summed E-state index contributed by atoms with van der Waals surface area (Å²) in [6.45, 7) is 3.29. The molecule has 0 aliphatic heterocycles. The molecule has 0 aliphatic carbocycles. The Morgan fingerprint density at radius 3 is 2.13 bits per heavy atom. The molecule has 0 unspecified atom stereocenters. The van der Waals surface area contributed by atoms with Crippen molar-refractivity contribution in [3.05, 3.63) is 0 Å². The van der Waals surface area contributed by atoms with Crippen LogP contribution in [0.4, 0.5) is 0 Å². The van der Waals surface area contributed by atoms with E-state index in [-0.39, 0.29) is 6.54 Å². The first kappa shape index (κ1) is 14.4. The molecule has 0 radical (unpaired) electrons. The summed E-state index contributed by atoms with van der Waals surface area (Å²) in [5.74, 6) is -0.736. The maximum absolute atomic E-state index is 10.4. The van der Waals surface area contributed by atoms with Gasteiger partial charge in [-0.25, -0.2) is 0 Å². The molecule has 0 saturated heterocycles. The lowest BCUT2D eigenvalue weighted by molar-refractivity contribution is -0.137. The van der Waals surface area contributed by atoms with Gasteiger partial charge in [-0.1, -0.05) is 45.4 Å². The highest BCUT2D eigenvalue weighted by Crippen LogP contribution is 2.06. The van der Waals surface area contributed by atoms with E-state index in [0.717, 1.165) is 13.0 Å². The molecule has 1 N–H and O–H groups in total. The van der Waals surface area contributed by atoms with Gasteiger partial charge in [0.15, 0.2) is 0 Å². The van der Waals surface area contributed by atoms with Crippen molar-refractivity contribution in [3.8, 4) is 0 Å². The Labute approximate surface area is 93.5 Å². The number of aliphatic carboxylic acids is 1. The van der Waals surface area contributed by atoms with Crippen LogP contribution in [0.15, 0.2) is 0 Å². The minimum atomic E-state index is -0.736. The third-order valence-corrected chi connectivity index (χ3v) is 2.55. The molecule has 0 atom stereocenters. The molecule has 0 amide bonds. The molecule has 3 nitrogen and oxygen atoms in total. The Hall–Kier alpha value is -0.570. The van der Waals surface area contributed by atoms with Gasteiger partial charge in [-0.15, -0.1) is 0 Å². The summed E-state index contributed by atoms with van der Waals surface area (Å²) in [5.41, 5.74) is 0. The van der Waals surface area contributed by atoms with Crippen molar-refractivity contribution in [1.29, 1.82) is 0 Å². The van der Waals surface area contributed by atoms with Gasteiger partial charge in [0.25, 0.3) is 0 Å². The van der Waals surface area contributed by atoms with Crippen LogP contribution in [0.3, 0.4) is 0 Å². The number of hydrogen-bond acceptors (Lipinski definition) is 2. The van der Waals surface area contributed by atoms with Gasteiger partial charge in [0, 0.05) is 0 Å². The number of unbranched alkanes of at least 4 members (excludes halogenated alkanes) is 6. The van der Waals surface area contributed by atoms with Crippen LogP contribution >= 0.6 is 0 Å². The smallest absolute Gasteiger partial charge is 0.317 e. The van der Waals surface area contributed by atoms with Crippen molar-refractivity contribution < 1.29 is 9.90 Å². The highest BCUT2D eigenvalue weighted by molar-refractivity contribution is 5.68. The molecule has 90 valence electrons. The van der Waals surface area contributed by atoms with E-state index < -0.39 is 5.97 Å². The highest BCUT2D eigenvalue weighted by atomic mass is 16.4. The fourth-order valence-electron chi connectivity index (χ4n) is 1.65. The molecule has 0 fully saturated rings. The summed E-state index contributed by atoms with van der Waals surface area (Å²) < 4.78 is 0. The zero-order chi connectivity index (χ0) is 11.5. The fourth-order valence-corrected chi connectivity index (χ4v) is 1.65. The van der Waals surface area contributed by atoms with Gasteiger partial charge in [0.2, 0.25) is 0 Å². The maximum atomic E-state index is 10.4. The SMILES string of the molecule is CCCCCCCCCN(C)CC(=O)O. The summed E-state index contributed by atoms with van der Waals surface area (Å²) in [6, 6.07) is 0. The number of carboxylic acid groups (broad SMARTS) is 1. The Kier molecular flexibility index (Phi) is 9.59. The Balaban J connectivity index is 3.13. The first-order chi connectivity index (χ1) is 7.16. The first-order valence-corrected chi connectivity index (χ1v) is 6.07. The minimum Gasteiger partial charge on any atom is -0.480 e. The van der Waals surface area contributed by atoms with E-state index in [2.05, 4.69) is 6.92 Å². The van der Waals surface area contributed by atoms with Gasteiger partial charge in [-0.2, -0.15) is 0 Å². The lowest BCUT2D eigenvalue weighted by Crippen LogP contribution is -2.26. The van der Waals surface area contributed by atoms with Crippen LogP contribution in [0.1, 0.15) is 51.9 Å². The van der Waals surface area contributed by atoms with E-state index in [9.17, 15) is 4.79 Å². The van der Waals surface area contributed by atoms with Crippen LogP contribution in [0, 0.1) is 0 Å². The van der Waals surface area contributed by atoms with Crippen molar-refractivity contribution in [2.24, 2.45) is 0 Å². The molecule has 0 aromatic carbocycles. The molecule has 0 bridgehead atoms. The van der Waals surface area contributed by atoms with E-state index in [1.807, 2.05) is 11.9 Å². The van der Waals surface area contributed by atoms with Crippen LogP contribution in [-0.2, 0) is 4.79 Å². The monoisotopic (exact) mass is 215 g/mol. The molecule has 0 heterocycles. The van der Waals surface area contributed by atoms with Gasteiger partial charge in [-0.3, -0.25) is 9.69 Å². The largest absolute Gasteiger partial charge is 0.480 e. The molecule has 0 rings (SSSR count). The number of rotatable bonds is 10. The second-order valence-electron chi connectivity index (χ2n) is 4.25. The zero-order valence-electron chi connectivity index (χ0n) is 10.2. The van der Waals surface area contributed by atoms with Gasteiger partial charge in [0.05, 0.1) is 6.54 Å². The minimum absolute atomic E-state index is 0.163. The molecular weight excluding hydrogens is 190 g/mol. The summed E-state index contributed by atoms with van der Waals surface area (Å²) >= 11 is 0. The zero-order valence-corrected chi connectivity index (χ0v) is 10.2. The predicted molar refractivity (Wildman–Crippen MR) is 63.1 cm³/mol. The van der Waals surface area contributed by atoms with Crippen LogP contribution in [0.25, 0.3) is 0 Å². The fraction of sp³-hybridized carbons (Fsp3) is 0.917. The quantitative estimate of drug-likeness (QED) is 0.570. The Morgan fingerprint density at radius 2 is 1.60 bits per heavy atom. The third kappa shape index (κ3) is 11.4. The van der Waals surface area contributed by atoms with Gasteiger partial charge >= 0.3 is 5.97 Å². The van der Waals surface area contributed by atoms with Gasteiger partial charge in [0.1, 0.15) is 0 Å². The molecule has 0 saturated carbocycles. The average Bonchev–Trinajstić information content (AvgIpc) is 2.15. The number of carbonyl (C=O) groups is 1. The third-order valence-electron chi connectivity index (χ3n) is 2.55. The predicted octanol–water partition coefficient (Wildman–Crippen LogP) is 2.75. The number of likely N-dealkylation sites (N-methyl/N-ethyl adjacent to an activating group) is 1. The Bertz CT molecular complexity index is 160. The topological polar surface area (TPSA) is 40.5 Å². The van der Waals surface area contributed by atoms with Crippen molar-refractivity contribution in [3.63, 3.8) is 0 Å². The second-order valence-corrected chi connectivity index (χ2v) is 4.25. The second kappa shape index (κ2) is 9.97. The molecule has 0 aromatic heterocycles. The lowest BCUT2D eigenvalue weighted by Gasteiger charge is -2.13. The first-order valence-electron chi connectivity index (χ1n) is 6.07. The summed E-state index contributed by atoms with van der Waals surface area (Å²) in [7, 11) is 1.87. The molecule has 0 aromatic rings. The van der Waals surface area contributed by atoms with Crippen LogP contribution < -0.4 is 0 Å². The molecule has 15 heavy (non-hydrogen) atoms. The maximum Gasteiger partial charge on any atom is 0.317 e. The van der Waals surface area contributed by atoms with Crippen molar-refractivity contribution in [2.45, 2.75) is 51.9 Å². The average molecular weight is 215 g/mol. The van der Waals surface area contributed by atoms with Crippen molar-refractivity contribution >= 4 is 5.97 Å². The van der Waals surface area contributed by atoms with Gasteiger partial charge < -0.3 is 5.11 Å². The summed E-state index contributed by atoms with van der Waals surface area (Å²) in [5, 5.41) is 8.54. The van der Waals surface area contributed by atoms with Crippen LogP contribution in [0.2, 0.25) is 0 Å². The summed E-state index contributed by atoms with van der Waals surface area (Å²) in [6.07, 6.45) is 8.96. The highest BCUT2D eigenvalue weighted by Gasteiger charge is 2.02. The van der Waals surface area contributed by atoms with E-state index in [4.69, 9.17) is 5.11 Å². The Morgan fingerprint density at radius 1 is 1.07 bits per heavy atom. The van der Waals surface area contributed by atoms with Crippen LogP contribution in [0.5, 0.6) is 0 Å².